The number of hydrogen-bond donors (Lipinski definition) is 4. The van der Waals surface area contributed by atoms with Crippen molar-refractivity contribution in [2.45, 2.75) is 99.6 Å². The van der Waals surface area contributed by atoms with Crippen LogP contribution in [0.3, 0.4) is 0 Å². The number of aromatic nitrogens is 2. The predicted octanol–water partition coefficient (Wildman–Crippen LogP) is 6.10. The Morgan fingerprint density at radius 2 is 1.78 bits per heavy atom. The molecule has 2 aromatic heterocycles. The minimum atomic E-state index is -0.451. The van der Waals surface area contributed by atoms with Crippen LogP contribution in [0.2, 0.25) is 0 Å². The Morgan fingerprint density at radius 3 is 2.52 bits per heavy atom. The highest BCUT2D eigenvalue weighted by molar-refractivity contribution is 6.20. The topological polar surface area (TPSA) is 130 Å². The van der Waals surface area contributed by atoms with Gasteiger partial charge in [0.1, 0.15) is 6.61 Å². The molecule has 270 valence electrons. The summed E-state index contributed by atoms with van der Waals surface area (Å²) in [7, 11) is 1.43. The van der Waals surface area contributed by atoms with E-state index < -0.39 is 6.09 Å². The van der Waals surface area contributed by atoms with E-state index in [4.69, 9.17) is 19.2 Å². The van der Waals surface area contributed by atoms with Crippen LogP contribution < -0.4 is 21.3 Å². The summed E-state index contributed by atoms with van der Waals surface area (Å²) in [5.74, 6) is -0.108. The minimum Gasteiger partial charge on any atom is -0.469 e. The van der Waals surface area contributed by atoms with Gasteiger partial charge in [-0.05, 0) is 106 Å². The molecule has 0 fully saturated rings. The number of aryl methyl sites for hydroxylation is 1. The summed E-state index contributed by atoms with van der Waals surface area (Å²) in [5.41, 5.74) is 11.5. The summed E-state index contributed by atoms with van der Waals surface area (Å²) in [6.45, 7) is 16.9. The third-order valence-electron chi connectivity index (χ3n) is 10.4. The van der Waals surface area contributed by atoms with E-state index >= 15 is 0 Å². The van der Waals surface area contributed by atoms with Gasteiger partial charge < -0.3 is 34.8 Å². The third kappa shape index (κ3) is 8.18. The number of unbranched alkanes of at least 4 members (excludes halogenated alkanes) is 1. The summed E-state index contributed by atoms with van der Waals surface area (Å²) in [5, 5.41) is 8.74. The van der Waals surface area contributed by atoms with E-state index in [2.05, 4.69) is 93.4 Å². The number of H-pyrrole nitrogens is 2. The number of hydrogen-bond acceptors (Lipinski definition) is 7. The van der Waals surface area contributed by atoms with Gasteiger partial charge >= 0.3 is 12.1 Å². The van der Waals surface area contributed by atoms with E-state index in [1.807, 2.05) is 0 Å². The molecule has 3 atom stereocenters. The van der Waals surface area contributed by atoms with Crippen molar-refractivity contribution in [1.29, 1.82) is 0 Å². The number of fused-ring (bicyclic) bond motifs is 7. The summed E-state index contributed by atoms with van der Waals surface area (Å²) >= 11 is 0. The number of rotatable bonds is 13. The fourth-order valence-corrected chi connectivity index (χ4v) is 7.18. The van der Waals surface area contributed by atoms with Crippen LogP contribution in [-0.4, -0.2) is 60.7 Å². The summed E-state index contributed by atoms with van der Waals surface area (Å²) in [6.07, 6.45) is 10.8. The quantitative estimate of drug-likeness (QED) is 0.149. The van der Waals surface area contributed by atoms with Gasteiger partial charge in [0, 0.05) is 82.8 Å². The van der Waals surface area contributed by atoms with Crippen molar-refractivity contribution in [3.05, 3.63) is 67.4 Å². The van der Waals surface area contributed by atoms with Gasteiger partial charge in [-0.1, -0.05) is 27.2 Å². The van der Waals surface area contributed by atoms with E-state index in [0.29, 0.717) is 26.0 Å². The van der Waals surface area contributed by atoms with Gasteiger partial charge in [0.2, 0.25) is 0 Å². The lowest BCUT2D eigenvalue weighted by atomic mass is 9.84. The van der Waals surface area contributed by atoms with Crippen molar-refractivity contribution in [2.24, 2.45) is 16.8 Å². The highest BCUT2D eigenvalue weighted by Gasteiger charge is 2.34. The molecule has 4 N–H and O–H groups in total. The largest absolute Gasteiger partial charge is 0.469 e. The SMILES string of the molecule is CCCCOCCCNC(=O)OCc1c2[nH]c(c1C)/C=C1N=C(/C(C)=c3/cc(C)/c([nH]3)=C/C3N/C(=C\2)C(C)=C3CC)[C@@H](CCC(=O)OC)[C@@H]\1C. The fourth-order valence-electron chi connectivity index (χ4n) is 7.18. The number of ether oxygens (including phenoxy) is 3. The lowest BCUT2D eigenvalue weighted by molar-refractivity contribution is -0.140. The van der Waals surface area contributed by atoms with Gasteiger partial charge in [-0.25, -0.2) is 4.79 Å². The molecule has 0 saturated heterocycles. The molecule has 1 amide bonds. The lowest BCUT2D eigenvalue weighted by Crippen LogP contribution is -2.26. The number of carbonyl (C=O) groups is 2. The zero-order valence-corrected chi connectivity index (χ0v) is 31.1. The molecule has 2 aromatic rings. The average molecular weight is 686 g/mol. The summed E-state index contributed by atoms with van der Waals surface area (Å²) < 4.78 is 16.4. The molecule has 3 aliphatic rings. The molecule has 0 aliphatic carbocycles. The monoisotopic (exact) mass is 685 g/mol. The summed E-state index contributed by atoms with van der Waals surface area (Å²) in [6, 6.07) is 2.23. The Balaban J connectivity index is 1.54. The number of amides is 1. The first-order valence-electron chi connectivity index (χ1n) is 18.2. The number of alkyl carbamates (subject to hydrolysis) is 1. The van der Waals surface area contributed by atoms with Gasteiger partial charge in [-0.2, -0.15) is 0 Å². The number of nitrogens with zero attached hydrogens (tertiary/aromatic N) is 1. The maximum absolute atomic E-state index is 12.8. The predicted molar refractivity (Wildman–Crippen MR) is 200 cm³/mol. The molecule has 0 radical (unpaired) electrons. The van der Waals surface area contributed by atoms with Crippen LogP contribution in [0.15, 0.2) is 33.6 Å². The van der Waals surface area contributed by atoms with Crippen LogP contribution in [-0.2, 0) is 25.6 Å². The van der Waals surface area contributed by atoms with E-state index in [1.54, 1.807) is 0 Å². The maximum Gasteiger partial charge on any atom is 0.407 e. The Kier molecular flexibility index (Phi) is 12.3. The van der Waals surface area contributed by atoms with E-state index in [1.165, 1.54) is 18.3 Å². The molecule has 0 saturated carbocycles. The molecule has 10 heteroatoms. The minimum absolute atomic E-state index is 0.0276. The first-order valence-corrected chi connectivity index (χ1v) is 18.2. The molecular weight excluding hydrogens is 630 g/mol. The Hall–Kier alpha value is -4.31. The second-order valence-electron chi connectivity index (χ2n) is 13.7. The number of aliphatic imine (C=N–C) groups is 1. The van der Waals surface area contributed by atoms with Crippen molar-refractivity contribution in [2.75, 3.05) is 26.9 Å². The van der Waals surface area contributed by atoms with Gasteiger partial charge in [-0.15, -0.1) is 0 Å². The van der Waals surface area contributed by atoms with Gasteiger partial charge in [-0.3, -0.25) is 9.79 Å². The molecular formula is C40H55N5O5. The fraction of sp³-hybridized carbons (Fsp3) is 0.525. The zero-order valence-electron chi connectivity index (χ0n) is 31.1. The number of esters is 1. The van der Waals surface area contributed by atoms with Crippen LogP contribution in [0.4, 0.5) is 4.79 Å². The van der Waals surface area contributed by atoms with Crippen molar-refractivity contribution < 1.29 is 23.8 Å². The number of allylic oxidation sites excluding steroid dienone is 2. The molecule has 5 heterocycles. The molecule has 1 unspecified atom stereocenters. The molecule has 0 aromatic carbocycles. The molecule has 0 spiro atoms. The average Bonchev–Trinajstić information content (AvgIpc) is 3.80. The van der Waals surface area contributed by atoms with Gasteiger partial charge in [0.25, 0.3) is 0 Å². The van der Waals surface area contributed by atoms with E-state index in [9.17, 15) is 9.59 Å². The standard InChI is InChI=1S/C40H55N5O5/c1-9-11-16-49-17-12-15-41-40(47)50-22-30-26(6)33-20-35-25(5)29(13-14-38(46)48-8)39(45-35)27(7)32-18-23(3)31(42-32)19-36-28(10-2)24(4)34(43-36)21-37(30)44-33/h18-21,25,29,36,42-44H,9-17,22H2,1-8H3,(H,41,47)/b31-19-,32-27-,34-21-,35-20-/t25-,29-,36?/m0/s1. The molecule has 3 aliphatic heterocycles. The van der Waals surface area contributed by atoms with E-state index in [-0.39, 0.29) is 30.5 Å². The smallest absolute Gasteiger partial charge is 0.407 e. The van der Waals surface area contributed by atoms with Crippen molar-refractivity contribution in [3.8, 4) is 0 Å². The van der Waals surface area contributed by atoms with Crippen LogP contribution >= 0.6 is 0 Å². The Labute approximate surface area is 296 Å². The summed E-state index contributed by atoms with van der Waals surface area (Å²) in [4.78, 5) is 37.6. The molecule has 10 nitrogen and oxygen atoms in total. The maximum atomic E-state index is 12.8. The van der Waals surface area contributed by atoms with Crippen molar-refractivity contribution in [1.82, 2.24) is 20.6 Å². The van der Waals surface area contributed by atoms with Crippen molar-refractivity contribution in [3.63, 3.8) is 0 Å². The normalized spacial score (nSPS) is 23.6. The molecule has 50 heavy (non-hydrogen) atoms. The molecule has 5 rings (SSSR count). The Morgan fingerprint density at radius 1 is 1.00 bits per heavy atom. The highest BCUT2D eigenvalue weighted by atomic mass is 16.5. The zero-order chi connectivity index (χ0) is 35.9. The first-order chi connectivity index (χ1) is 24.1. The lowest BCUT2D eigenvalue weighted by Gasteiger charge is -2.18. The Bertz CT molecular complexity index is 1840. The second kappa shape index (κ2) is 16.6. The van der Waals surface area contributed by atoms with Crippen LogP contribution in [0.25, 0.3) is 23.8 Å². The number of carbonyl (C=O) groups excluding carboxylic acids is 2. The van der Waals surface area contributed by atoms with Crippen molar-refractivity contribution >= 4 is 41.6 Å². The number of nitrogens with one attached hydrogen (secondary N) is 4. The highest BCUT2D eigenvalue weighted by Crippen LogP contribution is 2.38. The second-order valence-corrected chi connectivity index (χ2v) is 13.7. The van der Waals surface area contributed by atoms with Crippen LogP contribution in [0.5, 0.6) is 0 Å². The van der Waals surface area contributed by atoms with Gasteiger partial charge in [0.15, 0.2) is 0 Å². The number of aromatic amines is 2. The first kappa shape index (κ1) is 37.0. The third-order valence-corrected chi connectivity index (χ3v) is 10.4. The number of methoxy groups -OCH3 is 1. The van der Waals surface area contributed by atoms with Crippen LogP contribution in [0, 0.1) is 25.7 Å². The van der Waals surface area contributed by atoms with Gasteiger partial charge in [0.05, 0.1) is 13.2 Å². The van der Waals surface area contributed by atoms with Crippen LogP contribution in [0.1, 0.15) is 101 Å². The molecule has 8 bridgehead atoms. The van der Waals surface area contributed by atoms with E-state index in [0.717, 1.165) is 93.7 Å².